The van der Waals surface area contributed by atoms with Crippen LogP contribution in [0.3, 0.4) is 0 Å². The quantitative estimate of drug-likeness (QED) is 0.0222. The number of phosphoric acid groups is 2. The molecule has 0 heterocycles. The molecule has 0 aliphatic carbocycles. The van der Waals surface area contributed by atoms with Gasteiger partial charge < -0.3 is 33.8 Å². The number of rotatable bonds is 65. The zero-order valence-corrected chi connectivity index (χ0v) is 58.4. The molecule has 0 amide bonds. The third kappa shape index (κ3) is 62.6. The van der Waals surface area contributed by atoms with Gasteiger partial charge in [0.05, 0.1) is 26.4 Å². The average molecular weight is 1280 g/mol. The molecule has 3 unspecified atom stereocenters. The molecule has 0 saturated heterocycles. The summed E-state index contributed by atoms with van der Waals surface area (Å²) in [6.45, 7) is 14.0. The number of carbonyl (C=O) groups excluding carboxylic acids is 4. The van der Waals surface area contributed by atoms with Crippen LogP contribution in [0.25, 0.3) is 0 Å². The number of carbonyl (C=O) groups is 4. The van der Waals surface area contributed by atoms with Gasteiger partial charge in [-0.1, -0.05) is 280 Å². The molecule has 0 bridgehead atoms. The Bertz CT molecular complexity index is 1730. The summed E-state index contributed by atoms with van der Waals surface area (Å²) in [5, 5.41) is 10.6. The summed E-state index contributed by atoms with van der Waals surface area (Å²) in [5.41, 5.74) is 0. The van der Waals surface area contributed by atoms with Crippen LogP contribution in [0.2, 0.25) is 0 Å². The minimum atomic E-state index is -4.95. The maximum atomic E-state index is 13.0. The fraction of sp³-hybridized carbons (Fsp3) is 0.941. The van der Waals surface area contributed by atoms with Gasteiger partial charge in [0.15, 0.2) is 12.2 Å². The first-order valence-corrected chi connectivity index (χ1v) is 38.2. The number of hydrogen-bond donors (Lipinski definition) is 3. The van der Waals surface area contributed by atoms with Crippen molar-refractivity contribution in [3.05, 3.63) is 0 Å². The number of unbranched alkanes of at least 4 members (excludes halogenated alkanes) is 31. The third-order valence-corrected chi connectivity index (χ3v) is 17.5. The molecule has 0 aromatic rings. The number of aliphatic hydroxyl groups excluding tert-OH is 1. The monoisotopic (exact) mass is 1280 g/mol. The van der Waals surface area contributed by atoms with E-state index in [1.54, 1.807) is 0 Å². The van der Waals surface area contributed by atoms with Crippen molar-refractivity contribution < 1.29 is 80.2 Å². The molecule has 0 aliphatic heterocycles. The first kappa shape index (κ1) is 85.1. The summed E-state index contributed by atoms with van der Waals surface area (Å²) in [4.78, 5) is 72.4. The molecule has 0 saturated carbocycles. The fourth-order valence-electron chi connectivity index (χ4n) is 10.1. The zero-order chi connectivity index (χ0) is 64.7. The van der Waals surface area contributed by atoms with E-state index >= 15 is 0 Å². The van der Waals surface area contributed by atoms with Crippen molar-refractivity contribution in [1.82, 2.24) is 0 Å². The lowest BCUT2D eigenvalue weighted by molar-refractivity contribution is -0.161. The van der Waals surface area contributed by atoms with Gasteiger partial charge in [-0.3, -0.25) is 37.3 Å². The zero-order valence-electron chi connectivity index (χ0n) is 56.6. The number of ether oxygens (including phenoxy) is 4. The molecule has 0 fully saturated rings. The van der Waals surface area contributed by atoms with E-state index in [4.69, 9.17) is 37.0 Å². The van der Waals surface area contributed by atoms with E-state index < -0.39 is 97.5 Å². The van der Waals surface area contributed by atoms with Crippen LogP contribution in [0.5, 0.6) is 0 Å². The van der Waals surface area contributed by atoms with Gasteiger partial charge in [0.25, 0.3) is 0 Å². The number of hydrogen-bond acceptors (Lipinski definition) is 15. The number of esters is 4. The Morgan fingerprint density at radius 2 is 0.483 bits per heavy atom. The molecule has 17 nitrogen and oxygen atoms in total. The highest BCUT2D eigenvalue weighted by atomic mass is 31.2. The van der Waals surface area contributed by atoms with Crippen molar-refractivity contribution in [1.29, 1.82) is 0 Å². The molecule has 0 rings (SSSR count). The molecule has 0 aromatic carbocycles. The van der Waals surface area contributed by atoms with Crippen LogP contribution in [-0.4, -0.2) is 96.7 Å². The molecule has 87 heavy (non-hydrogen) atoms. The Morgan fingerprint density at radius 1 is 0.287 bits per heavy atom. The van der Waals surface area contributed by atoms with Crippen LogP contribution in [0, 0.1) is 23.7 Å². The molecule has 0 aliphatic rings. The Kier molecular flexibility index (Phi) is 56.6. The van der Waals surface area contributed by atoms with Gasteiger partial charge in [0, 0.05) is 25.7 Å². The van der Waals surface area contributed by atoms with E-state index in [1.165, 1.54) is 135 Å². The molecule has 19 heteroatoms. The van der Waals surface area contributed by atoms with Crippen molar-refractivity contribution >= 4 is 39.5 Å². The Hall–Kier alpha value is -1.94. The van der Waals surface area contributed by atoms with Crippen molar-refractivity contribution in [2.75, 3.05) is 39.6 Å². The standard InChI is InChI=1S/C68H132O17P2/c1-58(2)44-36-28-20-14-12-10-9-11-13-15-23-32-40-48-65(70)78-55-64(85-68(73)51-43-35-27-26-31-39-47-61(7)8)57-83-87(76,77)81-53-62(69)52-80-86(74,75)82-56-63(84-67(72)50-42-34-25-19-17-22-30-38-46-60(5)6)54-79-66(71)49-41-33-24-18-16-21-29-37-45-59(3)4/h58-64,69H,9-57H2,1-8H3,(H,74,75)(H,76,77)/t62?,63-,64-/m1/s1. The Labute approximate surface area is 530 Å². The molecule has 516 valence electrons. The molecule has 0 radical (unpaired) electrons. The average Bonchev–Trinajstić information content (AvgIpc) is 3.47. The Morgan fingerprint density at radius 3 is 0.713 bits per heavy atom. The van der Waals surface area contributed by atoms with Gasteiger partial charge in [-0.2, -0.15) is 0 Å². The van der Waals surface area contributed by atoms with E-state index in [-0.39, 0.29) is 25.7 Å². The third-order valence-electron chi connectivity index (χ3n) is 15.6. The predicted molar refractivity (Wildman–Crippen MR) is 349 cm³/mol. The van der Waals surface area contributed by atoms with Crippen LogP contribution in [0.1, 0.15) is 331 Å². The molecule has 0 aromatic heterocycles. The molecule has 3 N–H and O–H groups in total. The second-order valence-corrected chi connectivity index (χ2v) is 29.4. The summed E-state index contributed by atoms with van der Waals surface area (Å²) in [7, 11) is -9.90. The predicted octanol–water partition coefficient (Wildman–Crippen LogP) is 18.9. The van der Waals surface area contributed by atoms with E-state index in [0.29, 0.717) is 31.6 Å². The normalized spacial score (nSPS) is 14.3. The van der Waals surface area contributed by atoms with Crippen LogP contribution in [0.4, 0.5) is 0 Å². The van der Waals surface area contributed by atoms with Crippen LogP contribution in [0.15, 0.2) is 0 Å². The van der Waals surface area contributed by atoms with E-state index in [2.05, 4.69) is 55.4 Å². The second-order valence-electron chi connectivity index (χ2n) is 26.5. The fourth-order valence-corrected chi connectivity index (χ4v) is 11.7. The maximum Gasteiger partial charge on any atom is 0.472 e. The summed E-state index contributed by atoms with van der Waals surface area (Å²) >= 11 is 0. The largest absolute Gasteiger partial charge is 0.472 e. The molecular weight excluding hydrogens is 1150 g/mol. The van der Waals surface area contributed by atoms with Crippen LogP contribution in [-0.2, 0) is 65.4 Å². The van der Waals surface area contributed by atoms with Gasteiger partial charge in [-0.05, 0) is 49.4 Å². The number of aliphatic hydroxyl groups is 1. The Balaban J connectivity index is 5.20. The van der Waals surface area contributed by atoms with Gasteiger partial charge in [-0.25, -0.2) is 9.13 Å². The van der Waals surface area contributed by atoms with Gasteiger partial charge in [0.1, 0.15) is 19.3 Å². The number of phosphoric ester groups is 2. The minimum absolute atomic E-state index is 0.102. The minimum Gasteiger partial charge on any atom is -0.462 e. The summed E-state index contributed by atoms with van der Waals surface area (Å²) in [5.74, 6) is 0.767. The SMILES string of the molecule is CC(C)CCCCCCCCCCCCCCCC(=O)OC[C@H](COP(=O)(O)OCC(O)COP(=O)(O)OC[C@@H](COC(=O)CCCCCCCCCCC(C)C)OC(=O)CCCCCCCCCCC(C)C)OC(=O)CCCCCCCCC(C)C. The highest BCUT2D eigenvalue weighted by Crippen LogP contribution is 2.45. The van der Waals surface area contributed by atoms with Crippen molar-refractivity contribution in [2.45, 2.75) is 350 Å². The van der Waals surface area contributed by atoms with Crippen molar-refractivity contribution in [2.24, 2.45) is 23.7 Å². The van der Waals surface area contributed by atoms with Crippen molar-refractivity contribution in [3.8, 4) is 0 Å². The van der Waals surface area contributed by atoms with Crippen LogP contribution >= 0.6 is 15.6 Å². The second kappa shape index (κ2) is 57.9. The molecular formula is C68H132O17P2. The lowest BCUT2D eigenvalue weighted by atomic mass is 10.0. The van der Waals surface area contributed by atoms with E-state index in [0.717, 1.165) is 108 Å². The van der Waals surface area contributed by atoms with Crippen LogP contribution < -0.4 is 0 Å². The summed E-state index contributed by atoms with van der Waals surface area (Å²) in [6, 6.07) is 0. The highest BCUT2D eigenvalue weighted by molar-refractivity contribution is 7.47. The highest BCUT2D eigenvalue weighted by Gasteiger charge is 2.30. The molecule has 5 atom stereocenters. The maximum absolute atomic E-state index is 13.0. The van der Waals surface area contributed by atoms with Gasteiger partial charge >= 0.3 is 39.5 Å². The van der Waals surface area contributed by atoms with Crippen molar-refractivity contribution in [3.63, 3.8) is 0 Å². The van der Waals surface area contributed by atoms with E-state index in [1.807, 2.05) is 0 Å². The topological polar surface area (TPSA) is 237 Å². The summed E-state index contributed by atoms with van der Waals surface area (Å²) in [6.07, 6.45) is 39.2. The lowest BCUT2D eigenvalue weighted by Crippen LogP contribution is -2.30. The first-order valence-electron chi connectivity index (χ1n) is 35.2. The van der Waals surface area contributed by atoms with Gasteiger partial charge in [-0.15, -0.1) is 0 Å². The lowest BCUT2D eigenvalue weighted by Gasteiger charge is -2.21. The molecule has 0 spiro atoms. The van der Waals surface area contributed by atoms with E-state index in [9.17, 15) is 43.2 Å². The van der Waals surface area contributed by atoms with Gasteiger partial charge in [0.2, 0.25) is 0 Å². The smallest absolute Gasteiger partial charge is 0.462 e. The summed E-state index contributed by atoms with van der Waals surface area (Å²) < 4.78 is 68.1. The first-order chi connectivity index (χ1) is 41.6.